The van der Waals surface area contributed by atoms with Crippen molar-refractivity contribution >= 4 is 11.4 Å². The van der Waals surface area contributed by atoms with Crippen molar-refractivity contribution in [1.82, 2.24) is 9.80 Å². The molecule has 0 heterocycles. The molecule has 0 aromatic heterocycles. The Morgan fingerprint density at radius 2 is 0.897 bits per heavy atom. The second kappa shape index (κ2) is 11.8. The summed E-state index contributed by atoms with van der Waals surface area (Å²) in [5.74, 6) is 0. The summed E-state index contributed by atoms with van der Waals surface area (Å²) in [6.07, 6.45) is 1.64. The maximum Gasteiger partial charge on any atom is 0.0764 e. The molecule has 0 bridgehead atoms. The van der Waals surface area contributed by atoms with E-state index in [1.165, 1.54) is 22.5 Å². The summed E-state index contributed by atoms with van der Waals surface area (Å²) < 4.78 is 0. The summed E-state index contributed by atoms with van der Waals surface area (Å²) >= 11 is 0. The van der Waals surface area contributed by atoms with Gasteiger partial charge >= 0.3 is 0 Å². The Balaban J connectivity index is 1.91. The lowest BCUT2D eigenvalue weighted by molar-refractivity contribution is 0.253. The van der Waals surface area contributed by atoms with Gasteiger partial charge in [-0.05, 0) is 81.8 Å². The number of anilines is 2. The van der Waals surface area contributed by atoms with Crippen LogP contribution >= 0.6 is 0 Å². The molecule has 29 heavy (non-hydrogen) atoms. The minimum Gasteiger partial charge on any atom is -0.370 e. The first-order valence-electron chi connectivity index (χ1n) is 11.2. The molecule has 2 rings (SSSR count). The molecule has 4 nitrogen and oxygen atoms in total. The van der Waals surface area contributed by atoms with Crippen LogP contribution in [0.2, 0.25) is 0 Å². The second-order valence-electron chi connectivity index (χ2n) is 7.65. The van der Waals surface area contributed by atoms with Gasteiger partial charge in [0.15, 0.2) is 0 Å². The van der Waals surface area contributed by atoms with E-state index >= 15 is 0 Å². The van der Waals surface area contributed by atoms with Gasteiger partial charge in [0.1, 0.15) is 0 Å². The number of nitrogens with zero attached hydrogens (tertiary/aromatic N) is 2. The average molecular weight is 397 g/mol. The summed E-state index contributed by atoms with van der Waals surface area (Å²) in [7, 11) is 0. The van der Waals surface area contributed by atoms with Crippen molar-refractivity contribution in [3.8, 4) is 0 Å². The van der Waals surface area contributed by atoms with Crippen LogP contribution in [0.3, 0.4) is 0 Å². The van der Waals surface area contributed by atoms with Crippen molar-refractivity contribution in [3.05, 3.63) is 59.7 Å². The SMILES string of the molecule is CCN(CC)C(C)Nc1ccc(Cc2ccc(NC(C)N(CC)CC)cc2)cc1. The molecule has 4 heteroatoms. The first-order valence-corrected chi connectivity index (χ1v) is 11.2. The molecule has 160 valence electrons. The third kappa shape index (κ3) is 7.06. The molecule has 2 atom stereocenters. The van der Waals surface area contributed by atoms with Crippen LogP contribution in [0.25, 0.3) is 0 Å². The van der Waals surface area contributed by atoms with Gasteiger partial charge in [-0.3, -0.25) is 9.80 Å². The van der Waals surface area contributed by atoms with Crippen LogP contribution < -0.4 is 10.6 Å². The van der Waals surface area contributed by atoms with Gasteiger partial charge in [0, 0.05) is 11.4 Å². The minimum absolute atomic E-state index is 0.342. The van der Waals surface area contributed by atoms with Crippen LogP contribution in [-0.4, -0.2) is 48.3 Å². The summed E-state index contributed by atoms with van der Waals surface area (Å²) in [5.41, 5.74) is 5.03. The Bertz CT molecular complexity index is 626. The normalized spacial score (nSPS) is 13.5. The van der Waals surface area contributed by atoms with E-state index in [0.717, 1.165) is 32.6 Å². The molecular formula is C25H40N4. The van der Waals surface area contributed by atoms with E-state index < -0.39 is 0 Å². The fraction of sp³-hybridized carbons (Fsp3) is 0.520. The van der Waals surface area contributed by atoms with E-state index in [9.17, 15) is 0 Å². The Labute approximate surface area is 178 Å². The molecule has 0 aliphatic rings. The lowest BCUT2D eigenvalue weighted by atomic mass is 10.0. The Kier molecular flexibility index (Phi) is 9.49. The quantitative estimate of drug-likeness (QED) is 0.465. The smallest absolute Gasteiger partial charge is 0.0764 e. The Hall–Kier alpha value is -2.04. The van der Waals surface area contributed by atoms with Gasteiger partial charge in [0.2, 0.25) is 0 Å². The van der Waals surface area contributed by atoms with Crippen molar-refractivity contribution in [3.63, 3.8) is 0 Å². The highest BCUT2D eigenvalue weighted by molar-refractivity contribution is 5.48. The van der Waals surface area contributed by atoms with Crippen LogP contribution in [0.15, 0.2) is 48.5 Å². The number of hydrogen-bond acceptors (Lipinski definition) is 4. The van der Waals surface area contributed by atoms with E-state index in [-0.39, 0.29) is 0 Å². The molecule has 0 spiro atoms. The van der Waals surface area contributed by atoms with E-state index in [0.29, 0.717) is 12.3 Å². The van der Waals surface area contributed by atoms with E-state index in [2.05, 4.69) is 111 Å². The van der Waals surface area contributed by atoms with Gasteiger partial charge in [-0.25, -0.2) is 0 Å². The summed E-state index contributed by atoms with van der Waals surface area (Å²) in [6.45, 7) is 17.5. The molecule has 2 aromatic carbocycles. The molecule has 0 amide bonds. The third-order valence-corrected chi connectivity index (χ3v) is 5.79. The van der Waals surface area contributed by atoms with Crippen molar-refractivity contribution in [2.45, 2.75) is 60.3 Å². The molecule has 0 radical (unpaired) electrons. The van der Waals surface area contributed by atoms with E-state index in [1.807, 2.05) is 0 Å². The van der Waals surface area contributed by atoms with Gasteiger partial charge in [-0.1, -0.05) is 52.0 Å². The largest absolute Gasteiger partial charge is 0.370 e. The standard InChI is InChI=1S/C25H40N4/c1-7-28(8-2)20(5)26-24-15-11-22(12-16-24)19-23-13-17-25(18-14-23)27-21(6)29(9-3)10-4/h11-18,20-21,26-27H,7-10,19H2,1-6H3. The van der Waals surface area contributed by atoms with Crippen LogP contribution in [-0.2, 0) is 6.42 Å². The number of benzene rings is 2. The Morgan fingerprint density at radius 3 is 1.17 bits per heavy atom. The first-order chi connectivity index (χ1) is 14.0. The summed E-state index contributed by atoms with van der Waals surface area (Å²) in [4.78, 5) is 4.81. The Morgan fingerprint density at radius 1 is 0.586 bits per heavy atom. The van der Waals surface area contributed by atoms with Gasteiger partial charge < -0.3 is 10.6 Å². The number of hydrogen-bond donors (Lipinski definition) is 2. The average Bonchev–Trinajstić information content (AvgIpc) is 2.73. The monoisotopic (exact) mass is 396 g/mol. The predicted molar refractivity (Wildman–Crippen MR) is 128 cm³/mol. The number of rotatable bonds is 12. The zero-order valence-electron chi connectivity index (χ0n) is 19.2. The van der Waals surface area contributed by atoms with Crippen LogP contribution in [0.5, 0.6) is 0 Å². The lowest BCUT2D eigenvalue weighted by Gasteiger charge is -2.28. The molecule has 0 aliphatic heterocycles. The fourth-order valence-electron chi connectivity index (χ4n) is 3.88. The zero-order chi connectivity index (χ0) is 21.2. The topological polar surface area (TPSA) is 30.5 Å². The highest BCUT2D eigenvalue weighted by atomic mass is 15.3. The molecule has 0 saturated heterocycles. The van der Waals surface area contributed by atoms with E-state index in [4.69, 9.17) is 0 Å². The van der Waals surface area contributed by atoms with Crippen molar-refractivity contribution in [2.24, 2.45) is 0 Å². The summed E-state index contributed by atoms with van der Waals surface area (Å²) in [5, 5.41) is 7.19. The molecule has 0 aliphatic carbocycles. The van der Waals surface area contributed by atoms with Crippen LogP contribution in [0.4, 0.5) is 11.4 Å². The predicted octanol–water partition coefficient (Wildman–Crippen LogP) is 5.48. The highest BCUT2D eigenvalue weighted by Crippen LogP contribution is 2.17. The minimum atomic E-state index is 0.342. The van der Waals surface area contributed by atoms with Gasteiger partial charge in [0.25, 0.3) is 0 Å². The molecule has 2 N–H and O–H groups in total. The van der Waals surface area contributed by atoms with Crippen molar-refractivity contribution in [1.29, 1.82) is 0 Å². The van der Waals surface area contributed by atoms with Crippen molar-refractivity contribution < 1.29 is 0 Å². The fourth-order valence-corrected chi connectivity index (χ4v) is 3.88. The van der Waals surface area contributed by atoms with E-state index in [1.54, 1.807) is 0 Å². The lowest BCUT2D eigenvalue weighted by Crippen LogP contribution is -2.38. The third-order valence-electron chi connectivity index (χ3n) is 5.79. The molecule has 0 fully saturated rings. The van der Waals surface area contributed by atoms with Crippen LogP contribution in [0.1, 0.15) is 52.7 Å². The maximum absolute atomic E-state index is 3.59. The second-order valence-corrected chi connectivity index (χ2v) is 7.65. The molecule has 0 saturated carbocycles. The molecule has 2 aromatic rings. The molecule has 2 unspecified atom stereocenters. The molecular weight excluding hydrogens is 356 g/mol. The maximum atomic E-state index is 3.59. The first kappa shape index (κ1) is 23.2. The van der Waals surface area contributed by atoms with Crippen molar-refractivity contribution in [2.75, 3.05) is 36.8 Å². The van der Waals surface area contributed by atoms with Gasteiger partial charge in [-0.2, -0.15) is 0 Å². The van der Waals surface area contributed by atoms with Gasteiger partial charge in [0.05, 0.1) is 12.3 Å². The number of nitrogens with one attached hydrogen (secondary N) is 2. The van der Waals surface area contributed by atoms with Gasteiger partial charge in [-0.15, -0.1) is 0 Å². The zero-order valence-corrected chi connectivity index (χ0v) is 19.2. The summed E-state index contributed by atoms with van der Waals surface area (Å²) in [6, 6.07) is 17.7. The van der Waals surface area contributed by atoms with Crippen LogP contribution in [0, 0.1) is 0 Å². The highest BCUT2D eigenvalue weighted by Gasteiger charge is 2.10.